The largest absolute Gasteiger partial charge is 0.416 e. The lowest BCUT2D eigenvalue weighted by Crippen LogP contribution is -2.48. The first-order valence-electron chi connectivity index (χ1n) is 8.06. The Balaban J connectivity index is 1.84. The lowest BCUT2D eigenvalue weighted by Gasteiger charge is -2.37. The lowest BCUT2D eigenvalue weighted by molar-refractivity contribution is -0.137. The van der Waals surface area contributed by atoms with Gasteiger partial charge in [-0.3, -0.25) is 4.90 Å². The summed E-state index contributed by atoms with van der Waals surface area (Å²) in [5.74, 6) is 2.82. The van der Waals surface area contributed by atoms with Crippen molar-refractivity contribution in [2.24, 2.45) is 5.92 Å². The number of anilines is 1. The minimum Gasteiger partial charge on any atom is -0.369 e. The summed E-state index contributed by atoms with van der Waals surface area (Å²) in [7, 11) is 0. The molecule has 0 aliphatic carbocycles. The van der Waals surface area contributed by atoms with E-state index in [9.17, 15) is 13.2 Å². The number of benzene rings is 1. The summed E-state index contributed by atoms with van der Waals surface area (Å²) in [5.41, 5.74) is 0.0385. The molecule has 1 saturated heterocycles. The quantitative estimate of drug-likeness (QED) is 0.585. The van der Waals surface area contributed by atoms with Crippen molar-refractivity contribution in [2.45, 2.75) is 13.1 Å². The van der Waals surface area contributed by atoms with Crippen LogP contribution in [0.2, 0.25) is 0 Å². The Hall–Kier alpha value is -1.71. The van der Waals surface area contributed by atoms with Crippen LogP contribution in [0.1, 0.15) is 12.5 Å². The van der Waals surface area contributed by atoms with E-state index in [2.05, 4.69) is 17.7 Å². The molecule has 0 bridgehead atoms. The molecule has 24 heavy (non-hydrogen) atoms. The van der Waals surface area contributed by atoms with Crippen molar-refractivity contribution in [2.75, 3.05) is 50.8 Å². The molecule has 2 rings (SSSR count). The number of halogens is 3. The molecule has 1 aromatic carbocycles. The molecule has 1 atom stereocenters. The van der Waals surface area contributed by atoms with Crippen LogP contribution in [-0.4, -0.2) is 50.8 Å². The first-order chi connectivity index (χ1) is 11.4. The third kappa shape index (κ3) is 5.43. The Morgan fingerprint density at radius 2 is 1.96 bits per heavy atom. The highest BCUT2D eigenvalue weighted by atomic mass is 19.4. The van der Waals surface area contributed by atoms with Crippen LogP contribution in [0.25, 0.3) is 0 Å². The maximum atomic E-state index is 12.8. The number of hydrogen-bond acceptors (Lipinski definition) is 3. The molecule has 0 N–H and O–H groups in total. The third-order valence-electron chi connectivity index (χ3n) is 4.07. The summed E-state index contributed by atoms with van der Waals surface area (Å²) < 4.78 is 43.8. The maximum absolute atomic E-state index is 12.8. The Bertz CT molecular complexity index is 560. The van der Waals surface area contributed by atoms with Crippen LogP contribution in [-0.2, 0) is 10.9 Å². The van der Waals surface area contributed by atoms with Gasteiger partial charge in [0.15, 0.2) is 0 Å². The van der Waals surface area contributed by atoms with Gasteiger partial charge in [-0.05, 0) is 24.1 Å². The predicted molar refractivity (Wildman–Crippen MR) is 88.9 cm³/mol. The van der Waals surface area contributed by atoms with Crippen LogP contribution < -0.4 is 4.90 Å². The monoisotopic (exact) mass is 340 g/mol. The summed E-state index contributed by atoms with van der Waals surface area (Å²) >= 11 is 0. The van der Waals surface area contributed by atoms with E-state index in [1.807, 2.05) is 4.90 Å². The fourth-order valence-electron chi connectivity index (χ4n) is 2.88. The molecule has 3 nitrogen and oxygen atoms in total. The molecular weight excluding hydrogens is 317 g/mol. The minimum atomic E-state index is -4.30. The van der Waals surface area contributed by atoms with Crippen molar-refractivity contribution in [3.63, 3.8) is 0 Å². The van der Waals surface area contributed by atoms with E-state index in [1.165, 1.54) is 12.1 Å². The Labute approximate surface area is 141 Å². The van der Waals surface area contributed by atoms with Crippen LogP contribution in [0, 0.1) is 18.3 Å². The predicted octanol–water partition coefficient (Wildman–Crippen LogP) is 3.11. The molecule has 1 aliphatic rings. The van der Waals surface area contributed by atoms with Crippen molar-refractivity contribution in [1.82, 2.24) is 4.90 Å². The highest BCUT2D eigenvalue weighted by molar-refractivity contribution is 5.49. The zero-order valence-electron chi connectivity index (χ0n) is 13.9. The fraction of sp³-hybridized carbons (Fsp3) is 0.556. The highest BCUT2D eigenvalue weighted by Crippen LogP contribution is 2.31. The molecule has 1 fully saturated rings. The van der Waals surface area contributed by atoms with Crippen molar-refractivity contribution < 1.29 is 17.9 Å². The third-order valence-corrected chi connectivity index (χ3v) is 4.07. The zero-order chi connectivity index (χ0) is 17.6. The van der Waals surface area contributed by atoms with E-state index in [0.29, 0.717) is 24.8 Å². The molecule has 0 spiro atoms. The molecule has 0 saturated carbocycles. The van der Waals surface area contributed by atoms with Crippen molar-refractivity contribution in [3.8, 4) is 12.3 Å². The Morgan fingerprint density at radius 3 is 2.58 bits per heavy atom. The molecule has 1 aliphatic heterocycles. The van der Waals surface area contributed by atoms with Gasteiger partial charge >= 0.3 is 6.18 Å². The van der Waals surface area contributed by atoms with E-state index in [4.69, 9.17) is 11.2 Å². The first-order valence-corrected chi connectivity index (χ1v) is 8.06. The van der Waals surface area contributed by atoms with Gasteiger partial charge in [0.25, 0.3) is 0 Å². The van der Waals surface area contributed by atoms with Crippen molar-refractivity contribution >= 4 is 5.69 Å². The molecule has 0 amide bonds. The van der Waals surface area contributed by atoms with Crippen molar-refractivity contribution in [3.05, 3.63) is 29.8 Å². The van der Waals surface area contributed by atoms with E-state index < -0.39 is 11.7 Å². The highest BCUT2D eigenvalue weighted by Gasteiger charge is 2.31. The molecule has 1 heterocycles. The standard InChI is InChI=1S/C18H23F3N2O/c1-3-11-24-14-15(2)13-22-7-9-23(10-8-22)17-6-4-5-16(12-17)18(19,20)21/h1,4-6,12,15H,7-11,13-14H2,2H3. The number of ether oxygens (including phenoxy) is 1. The summed E-state index contributed by atoms with van der Waals surface area (Å²) in [4.78, 5) is 4.32. The second-order valence-corrected chi connectivity index (χ2v) is 6.16. The van der Waals surface area contributed by atoms with Gasteiger partial charge in [0, 0.05) is 38.4 Å². The molecular formula is C18H23F3N2O. The second kappa shape index (κ2) is 8.41. The van der Waals surface area contributed by atoms with Gasteiger partial charge in [-0.2, -0.15) is 13.2 Å². The van der Waals surface area contributed by atoms with Gasteiger partial charge in [0.1, 0.15) is 6.61 Å². The number of nitrogens with zero attached hydrogens (tertiary/aromatic N) is 2. The van der Waals surface area contributed by atoms with E-state index in [1.54, 1.807) is 6.07 Å². The van der Waals surface area contributed by atoms with Crippen LogP contribution in [0.5, 0.6) is 0 Å². The van der Waals surface area contributed by atoms with E-state index >= 15 is 0 Å². The van der Waals surface area contributed by atoms with Gasteiger partial charge in [0.2, 0.25) is 0 Å². The topological polar surface area (TPSA) is 15.7 Å². The number of terminal acetylenes is 1. The number of alkyl halides is 3. The zero-order valence-corrected chi connectivity index (χ0v) is 13.9. The van der Waals surface area contributed by atoms with E-state index in [0.717, 1.165) is 38.8 Å². The van der Waals surface area contributed by atoms with Gasteiger partial charge in [-0.1, -0.05) is 18.9 Å². The molecule has 132 valence electrons. The average Bonchev–Trinajstić information content (AvgIpc) is 2.55. The van der Waals surface area contributed by atoms with Gasteiger partial charge < -0.3 is 9.64 Å². The molecule has 1 unspecified atom stereocenters. The fourth-order valence-corrected chi connectivity index (χ4v) is 2.88. The van der Waals surface area contributed by atoms with E-state index in [-0.39, 0.29) is 0 Å². The molecule has 0 radical (unpaired) electrons. The number of hydrogen-bond donors (Lipinski definition) is 0. The van der Waals surface area contributed by atoms with Crippen molar-refractivity contribution in [1.29, 1.82) is 0 Å². The Morgan fingerprint density at radius 1 is 1.25 bits per heavy atom. The molecule has 0 aromatic heterocycles. The summed E-state index contributed by atoms with van der Waals surface area (Å²) in [5, 5.41) is 0. The van der Waals surface area contributed by atoms with Gasteiger partial charge in [-0.25, -0.2) is 0 Å². The average molecular weight is 340 g/mol. The molecule has 1 aromatic rings. The summed E-state index contributed by atoms with van der Waals surface area (Å²) in [6, 6.07) is 5.54. The first kappa shape index (κ1) is 18.6. The minimum absolute atomic E-state index is 0.327. The summed E-state index contributed by atoms with van der Waals surface area (Å²) in [6.07, 6.45) is 0.846. The number of piperazine rings is 1. The van der Waals surface area contributed by atoms with Crippen LogP contribution in [0.15, 0.2) is 24.3 Å². The molecule has 6 heteroatoms. The summed E-state index contributed by atoms with van der Waals surface area (Å²) in [6.45, 7) is 7.06. The lowest BCUT2D eigenvalue weighted by atomic mass is 10.1. The Kier molecular flexibility index (Phi) is 6.52. The second-order valence-electron chi connectivity index (χ2n) is 6.16. The smallest absolute Gasteiger partial charge is 0.369 e. The van der Waals surface area contributed by atoms with Crippen LogP contribution in [0.3, 0.4) is 0 Å². The van der Waals surface area contributed by atoms with Gasteiger partial charge in [-0.15, -0.1) is 6.42 Å². The number of rotatable bonds is 6. The maximum Gasteiger partial charge on any atom is 0.416 e. The van der Waals surface area contributed by atoms with Gasteiger partial charge in [0.05, 0.1) is 12.2 Å². The van der Waals surface area contributed by atoms with Crippen LogP contribution >= 0.6 is 0 Å². The van der Waals surface area contributed by atoms with Crippen LogP contribution in [0.4, 0.5) is 18.9 Å². The normalized spacial score (nSPS) is 17.5. The SMILES string of the molecule is C#CCOCC(C)CN1CCN(c2cccc(C(F)(F)F)c2)CC1.